The smallest absolute Gasteiger partial charge is 0.410 e. The van der Waals surface area contributed by atoms with Gasteiger partial charge in [-0.05, 0) is 26.3 Å². The molecule has 0 aromatic heterocycles. The van der Waals surface area contributed by atoms with Gasteiger partial charge in [0, 0.05) is 13.1 Å². The van der Waals surface area contributed by atoms with Gasteiger partial charge in [0.1, 0.15) is 12.2 Å². The Bertz CT molecular complexity index is 650. The van der Waals surface area contributed by atoms with E-state index in [9.17, 15) is 19.5 Å². The number of amides is 1. The fourth-order valence-corrected chi connectivity index (χ4v) is 2.27. The molecule has 7 heteroatoms. The van der Waals surface area contributed by atoms with E-state index in [-0.39, 0.29) is 26.1 Å². The van der Waals surface area contributed by atoms with Gasteiger partial charge < -0.3 is 19.5 Å². The van der Waals surface area contributed by atoms with Gasteiger partial charge in [-0.2, -0.15) is 0 Å². The average molecular weight is 377 g/mol. The van der Waals surface area contributed by atoms with Crippen LogP contribution >= 0.6 is 0 Å². The number of rotatable bonds is 9. The summed E-state index contributed by atoms with van der Waals surface area (Å²) in [4.78, 5) is 37.0. The third kappa shape index (κ3) is 8.89. The molecule has 1 atom stereocenters. The van der Waals surface area contributed by atoms with Gasteiger partial charge in [0.05, 0.1) is 12.3 Å². The molecular formula is C20H27NO6. The van der Waals surface area contributed by atoms with E-state index in [1.807, 2.05) is 30.3 Å². The molecule has 1 aromatic rings. The number of carboxylic acids is 1. The van der Waals surface area contributed by atoms with Crippen LogP contribution in [0.5, 0.6) is 0 Å². The molecule has 0 fully saturated rings. The van der Waals surface area contributed by atoms with Crippen molar-refractivity contribution in [1.29, 1.82) is 0 Å². The van der Waals surface area contributed by atoms with Crippen molar-refractivity contribution >= 4 is 18.0 Å². The number of nitrogens with zero attached hydrogens (tertiary/aromatic N) is 1. The number of carboxylic acid groups (broad SMARTS) is 1. The molecule has 0 saturated heterocycles. The third-order valence-electron chi connectivity index (χ3n) is 3.44. The minimum atomic E-state index is -1.19. The van der Waals surface area contributed by atoms with E-state index in [1.165, 1.54) is 11.0 Å². The van der Waals surface area contributed by atoms with Crippen LogP contribution in [0.15, 0.2) is 43.0 Å². The van der Waals surface area contributed by atoms with Crippen LogP contribution in [-0.4, -0.2) is 46.7 Å². The van der Waals surface area contributed by atoms with Crippen LogP contribution in [0.25, 0.3) is 0 Å². The summed E-state index contributed by atoms with van der Waals surface area (Å²) in [6.07, 6.45) is 0.455. The second-order valence-corrected chi connectivity index (χ2v) is 7.06. The second-order valence-electron chi connectivity index (χ2n) is 7.06. The minimum Gasteiger partial charge on any atom is -0.481 e. The molecule has 0 aliphatic carbocycles. The number of esters is 1. The molecule has 1 aromatic carbocycles. The Morgan fingerprint density at radius 2 is 1.85 bits per heavy atom. The summed E-state index contributed by atoms with van der Waals surface area (Å²) in [7, 11) is 0. The molecule has 7 nitrogen and oxygen atoms in total. The highest BCUT2D eigenvalue weighted by Crippen LogP contribution is 2.14. The first-order valence-electron chi connectivity index (χ1n) is 8.63. The van der Waals surface area contributed by atoms with Crippen LogP contribution < -0.4 is 0 Å². The molecule has 0 bridgehead atoms. The van der Waals surface area contributed by atoms with Gasteiger partial charge in [0.25, 0.3) is 0 Å². The highest BCUT2D eigenvalue weighted by Gasteiger charge is 2.29. The Morgan fingerprint density at radius 3 is 2.37 bits per heavy atom. The van der Waals surface area contributed by atoms with Crippen molar-refractivity contribution in [1.82, 2.24) is 4.90 Å². The molecule has 0 spiro atoms. The molecule has 1 amide bonds. The number of hydrogen-bond acceptors (Lipinski definition) is 5. The Morgan fingerprint density at radius 1 is 1.22 bits per heavy atom. The molecule has 148 valence electrons. The van der Waals surface area contributed by atoms with E-state index in [1.54, 1.807) is 20.8 Å². The molecule has 27 heavy (non-hydrogen) atoms. The molecule has 0 radical (unpaired) electrons. The molecule has 0 saturated carbocycles. The van der Waals surface area contributed by atoms with Gasteiger partial charge in [-0.3, -0.25) is 9.59 Å². The molecule has 0 unspecified atom stereocenters. The average Bonchev–Trinajstić information content (AvgIpc) is 2.57. The maximum atomic E-state index is 12.3. The van der Waals surface area contributed by atoms with Crippen molar-refractivity contribution in [2.45, 2.75) is 39.4 Å². The quantitative estimate of drug-likeness (QED) is 0.524. The first-order valence-corrected chi connectivity index (χ1v) is 8.63. The zero-order chi connectivity index (χ0) is 20.4. The van der Waals surface area contributed by atoms with Crippen molar-refractivity contribution < 1.29 is 29.0 Å². The largest absolute Gasteiger partial charge is 0.481 e. The summed E-state index contributed by atoms with van der Waals surface area (Å²) in [5.74, 6) is -2.93. The number of benzene rings is 1. The van der Waals surface area contributed by atoms with Crippen molar-refractivity contribution in [3.8, 4) is 0 Å². The van der Waals surface area contributed by atoms with Gasteiger partial charge in [-0.15, -0.1) is 6.58 Å². The lowest BCUT2D eigenvalue weighted by atomic mass is 10.0. The lowest BCUT2D eigenvalue weighted by Gasteiger charge is -2.25. The van der Waals surface area contributed by atoms with Gasteiger partial charge >= 0.3 is 18.0 Å². The number of carbonyl (C=O) groups excluding carboxylic acids is 2. The first kappa shape index (κ1) is 22.2. The summed E-state index contributed by atoms with van der Waals surface area (Å²) in [5, 5.41) is 9.41. The van der Waals surface area contributed by atoms with E-state index in [4.69, 9.17) is 9.47 Å². The van der Waals surface area contributed by atoms with E-state index < -0.39 is 29.6 Å². The van der Waals surface area contributed by atoms with E-state index in [2.05, 4.69) is 6.58 Å². The summed E-state index contributed by atoms with van der Waals surface area (Å²) < 4.78 is 10.4. The van der Waals surface area contributed by atoms with Crippen molar-refractivity contribution in [3.05, 3.63) is 48.6 Å². The van der Waals surface area contributed by atoms with Gasteiger partial charge in [-0.25, -0.2) is 4.79 Å². The maximum absolute atomic E-state index is 12.3. The van der Waals surface area contributed by atoms with Gasteiger partial charge in [0.15, 0.2) is 0 Å². The van der Waals surface area contributed by atoms with E-state index >= 15 is 0 Å². The zero-order valence-electron chi connectivity index (χ0n) is 16.0. The van der Waals surface area contributed by atoms with Crippen LogP contribution in [0.4, 0.5) is 4.79 Å². The summed E-state index contributed by atoms with van der Waals surface area (Å²) in [6, 6.07) is 9.13. The zero-order valence-corrected chi connectivity index (χ0v) is 16.0. The van der Waals surface area contributed by atoms with Crippen LogP contribution in [0.1, 0.15) is 32.8 Å². The maximum Gasteiger partial charge on any atom is 0.410 e. The van der Waals surface area contributed by atoms with Crippen LogP contribution in [0.2, 0.25) is 0 Å². The monoisotopic (exact) mass is 377 g/mol. The SMILES string of the molecule is C=CCN(C[C@H](CC(=O)OC(C)(C)C)C(=O)O)C(=O)OCc1ccccc1. The number of carbonyl (C=O) groups is 3. The highest BCUT2D eigenvalue weighted by molar-refractivity contribution is 5.80. The predicted molar refractivity (Wildman–Crippen MR) is 100.0 cm³/mol. The Labute approximate surface area is 159 Å². The summed E-state index contributed by atoms with van der Waals surface area (Å²) in [6.45, 7) is 8.66. The fraction of sp³-hybridized carbons (Fsp3) is 0.450. The highest BCUT2D eigenvalue weighted by atomic mass is 16.6. The normalized spacial score (nSPS) is 12.0. The summed E-state index contributed by atoms with van der Waals surface area (Å²) in [5.41, 5.74) is 0.100. The first-order chi connectivity index (χ1) is 12.6. The Kier molecular flexibility index (Phi) is 8.51. The molecule has 0 aliphatic heterocycles. The molecule has 1 N–H and O–H groups in total. The lowest BCUT2D eigenvalue weighted by molar-refractivity contribution is -0.160. The molecule has 1 rings (SSSR count). The fourth-order valence-electron chi connectivity index (χ4n) is 2.27. The van der Waals surface area contributed by atoms with Crippen LogP contribution in [-0.2, 0) is 25.7 Å². The predicted octanol–water partition coefficient (Wildman–Crippen LogP) is 3.24. The van der Waals surface area contributed by atoms with Crippen LogP contribution in [0, 0.1) is 5.92 Å². The van der Waals surface area contributed by atoms with E-state index in [0.717, 1.165) is 5.56 Å². The van der Waals surface area contributed by atoms with Gasteiger partial charge in [0.2, 0.25) is 0 Å². The van der Waals surface area contributed by atoms with E-state index in [0.29, 0.717) is 0 Å². The standard InChI is InChI=1S/C20H27NO6/c1-5-11-21(19(25)26-14-15-9-7-6-8-10-15)13-16(18(23)24)12-17(22)27-20(2,3)4/h5-10,16H,1,11-14H2,2-4H3,(H,23,24)/t16-/m0/s1. The number of hydrogen-bond donors (Lipinski definition) is 1. The second kappa shape index (κ2) is 10.4. The Hall–Kier alpha value is -2.83. The molecule has 0 heterocycles. The van der Waals surface area contributed by atoms with Gasteiger partial charge in [-0.1, -0.05) is 36.4 Å². The summed E-state index contributed by atoms with van der Waals surface area (Å²) >= 11 is 0. The van der Waals surface area contributed by atoms with Crippen molar-refractivity contribution in [2.75, 3.05) is 13.1 Å². The molecular weight excluding hydrogens is 350 g/mol. The van der Waals surface area contributed by atoms with Crippen molar-refractivity contribution in [2.24, 2.45) is 5.92 Å². The number of ether oxygens (including phenoxy) is 2. The number of aliphatic carboxylic acids is 1. The minimum absolute atomic E-state index is 0.0666. The Balaban J connectivity index is 2.72. The third-order valence-corrected chi connectivity index (χ3v) is 3.44. The molecule has 0 aliphatic rings. The van der Waals surface area contributed by atoms with Crippen molar-refractivity contribution in [3.63, 3.8) is 0 Å². The van der Waals surface area contributed by atoms with Crippen LogP contribution in [0.3, 0.4) is 0 Å². The topological polar surface area (TPSA) is 93.1 Å². The lowest BCUT2D eigenvalue weighted by Crippen LogP contribution is -2.39.